The minimum atomic E-state index is 0.0421. The van der Waals surface area contributed by atoms with Gasteiger partial charge in [0.25, 0.3) is 0 Å². The largest absolute Gasteiger partial charge is 0.394 e. The highest BCUT2D eigenvalue weighted by atomic mass is 16.3. The predicted octanol–water partition coefficient (Wildman–Crippen LogP) is 0.754. The van der Waals surface area contributed by atoms with Gasteiger partial charge in [-0.15, -0.1) is 5.10 Å². The van der Waals surface area contributed by atoms with Crippen LogP contribution in [0.15, 0.2) is 30.5 Å². The van der Waals surface area contributed by atoms with Crippen molar-refractivity contribution in [1.29, 1.82) is 5.26 Å². The third-order valence-electron chi connectivity index (χ3n) is 2.38. The number of hydrogen-bond donors (Lipinski definition) is 2. The highest BCUT2D eigenvalue weighted by molar-refractivity contribution is 5.49. The number of aliphatic hydroxyl groups excluding tert-OH is 1. The van der Waals surface area contributed by atoms with Gasteiger partial charge in [-0.3, -0.25) is 0 Å². The van der Waals surface area contributed by atoms with Crippen LogP contribution in [-0.2, 0) is 13.1 Å². The minimum absolute atomic E-state index is 0.0421. The van der Waals surface area contributed by atoms with Gasteiger partial charge >= 0.3 is 0 Å². The maximum absolute atomic E-state index is 8.78. The van der Waals surface area contributed by atoms with Gasteiger partial charge in [0.05, 0.1) is 37.5 Å². The molecule has 2 aromatic rings. The van der Waals surface area contributed by atoms with Gasteiger partial charge in [-0.1, -0.05) is 11.3 Å². The Morgan fingerprint density at radius 1 is 1.44 bits per heavy atom. The topological polar surface area (TPSA) is 86.8 Å². The number of rotatable bonds is 5. The Morgan fingerprint density at radius 2 is 2.33 bits per heavy atom. The molecular weight excluding hydrogens is 230 g/mol. The predicted molar refractivity (Wildman–Crippen MR) is 65.6 cm³/mol. The van der Waals surface area contributed by atoms with E-state index in [2.05, 4.69) is 21.7 Å². The maximum atomic E-state index is 8.78. The summed E-state index contributed by atoms with van der Waals surface area (Å²) in [6.07, 6.45) is 1.78. The highest BCUT2D eigenvalue weighted by Crippen LogP contribution is 2.10. The first-order chi connectivity index (χ1) is 8.81. The molecule has 1 aromatic heterocycles. The average molecular weight is 243 g/mol. The Hall–Kier alpha value is -2.39. The van der Waals surface area contributed by atoms with Crippen LogP contribution < -0.4 is 5.32 Å². The van der Waals surface area contributed by atoms with Crippen LogP contribution in [-0.4, -0.2) is 26.7 Å². The van der Waals surface area contributed by atoms with Gasteiger partial charge in [0, 0.05) is 5.69 Å². The van der Waals surface area contributed by atoms with E-state index in [1.165, 1.54) is 0 Å². The summed E-state index contributed by atoms with van der Waals surface area (Å²) in [5.41, 5.74) is 2.26. The Bertz CT molecular complexity index is 558. The van der Waals surface area contributed by atoms with Crippen molar-refractivity contribution in [1.82, 2.24) is 15.0 Å². The van der Waals surface area contributed by atoms with Gasteiger partial charge in [-0.2, -0.15) is 5.26 Å². The van der Waals surface area contributed by atoms with Crippen LogP contribution in [0.5, 0.6) is 0 Å². The van der Waals surface area contributed by atoms with Crippen LogP contribution >= 0.6 is 0 Å². The highest BCUT2D eigenvalue weighted by Gasteiger charge is 2.00. The zero-order chi connectivity index (χ0) is 12.8. The summed E-state index contributed by atoms with van der Waals surface area (Å²) >= 11 is 0. The summed E-state index contributed by atoms with van der Waals surface area (Å²) in [6, 6.07) is 9.33. The smallest absolute Gasteiger partial charge is 0.102 e. The lowest BCUT2D eigenvalue weighted by atomic mass is 10.2. The summed E-state index contributed by atoms with van der Waals surface area (Å²) in [6.45, 7) is 1.01. The fourth-order valence-electron chi connectivity index (χ4n) is 1.52. The summed E-state index contributed by atoms with van der Waals surface area (Å²) in [5.74, 6) is 0. The Kier molecular flexibility index (Phi) is 3.89. The molecule has 6 nitrogen and oxygen atoms in total. The first kappa shape index (κ1) is 12.1. The number of nitriles is 1. The van der Waals surface area contributed by atoms with Crippen molar-refractivity contribution in [2.45, 2.75) is 13.1 Å². The quantitative estimate of drug-likeness (QED) is 0.809. The first-order valence-electron chi connectivity index (χ1n) is 5.56. The monoisotopic (exact) mass is 243 g/mol. The molecule has 18 heavy (non-hydrogen) atoms. The molecule has 0 unspecified atom stereocenters. The van der Waals surface area contributed by atoms with E-state index in [-0.39, 0.29) is 6.61 Å². The Labute approximate surface area is 104 Å². The molecule has 6 heteroatoms. The zero-order valence-corrected chi connectivity index (χ0v) is 9.74. The van der Waals surface area contributed by atoms with Crippen LogP contribution in [0.25, 0.3) is 0 Å². The molecule has 2 N–H and O–H groups in total. The van der Waals surface area contributed by atoms with Gasteiger partial charge in [-0.05, 0) is 18.2 Å². The van der Waals surface area contributed by atoms with Crippen LogP contribution in [0.4, 0.5) is 5.69 Å². The van der Waals surface area contributed by atoms with E-state index < -0.39 is 0 Å². The third-order valence-corrected chi connectivity index (χ3v) is 2.38. The molecule has 1 heterocycles. The lowest BCUT2D eigenvalue weighted by Gasteiger charge is -2.03. The van der Waals surface area contributed by atoms with E-state index in [4.69, 9.17) is 10.4 Å². The number of anilines is 1. The second kappa shape index (κ2) is 5.80. The van der Waals surface area contributed by atoms with E-state index in [0.717, 1.165) is 11.4 Å². The lowest BCUT2D eigenvalue weighted by molar-refractivity contribution is 0.268. The molecule has 0 aliphatic carbocycles. The molecule has 2 rings (SSSR count). The van der Waals surface area contributed by atoms with E-state index >= 15 is 0 Å². The number of aromatic nitrogens is 3. The molecule has 0 spiro atoms. The molecule has 0 atom stereocenters. The molecule has 92 valence electrons. The number of benzene rings is 1. The van der Waals surface area contributed by atoms with Crippen LogP contribution in [0.2, 0.25) is 0 Å². The Morgan fingerprint density at radius 3 is 3.11 bits per heavy atom. The standard InChI is InChI=1S/C12H13N5O/c13-7-10-2-1-3-11(6-10)14-8-12-9-17(4-5-18)16-15-12/h1-3,6,9,14,18H,4-5,8H2. The van der Waals surface area contributed by atoms with Gasteiger partial charge in [0.15, 0.2) is 0 Å². The molecule has 0 radical (unpaired) electrons. The lowest BCUT2D eigenvalue weighted by Crippen LogP contribution is -2.02. The number of hydrogen-bond acceptors (Lipinski definition) is 5. The minimum Gasteiger partial charge on any atom is -0.394 e. The summed E-state index contributed by atoms with van der Waals surface area (Å²) in [7, 11) is 0. The van der Waals surface area contributed by atoms with Gasteiger partial charge in [0.2, 0.25) is 0 Å². The number of aliphatic hydroxyl groups is 1. The van der Waals surface area contributed by atoms with Crippen LogP contribution in [0, 0.1) is 11.3 Å². The molecule has 0 saturated heterocycles. The molecule has 0 aliphatic rings. The SMILES string of the molecule is N#Cc1cccc(NCc2cn(CCO)nn2)c1. The molecule has 0 amide bonds. The van der Waals surface area contributed by atoms with Crippen molar-refractivity contribution in [3.05, 3.63) is 41.7 Å². The van der Waals surface area contributed by atoms with Crippen LogP contribution in [0.1, 0.15) is 11.3 Å². The van der Waals surface area contributed by atoms with Crippen molar-refractivity contribution in [2.75, 3.05) is 11.9 Å². The van der Waals surface area contributed by atoms with Crippen molar-refractivity contribution >= 4 is 5.69 Å². The molecule has 0 saturated carbocycles. The molecule has 0 fully saturated rings. The van der Waals surface area contributed by atoms with Crippen molar-refractivity contribution < 1.29 is 5.11 Å². The molecular formula is C12H13N5O. The van der Waals surface area contributed by atoms with Crippen molar-refractivity contribution in [3.8, 4) is 6.07 Å². The van der Waals surface area contributed by atoms with Gasteiger partial charge in [-0.25, -0.2) is 4.68 Å². The average Bonchev–Trinajstić information content (AvgIpc) is 2.85. The van der Waals surface area contributed by atoms with Gasteiger partial charge < -0.3 is 10.4 Å². The van der Waals surface area contributed by atoms with E-state index in [0.29, 0.717) is 18.7 Å². The molecule has 0 bridgehead atoms. The Balaban J connectivity index is 1.96. The van der Waals surface area contributed by atoms with Crippen LogP contribution in [0.3, 0.4) is 0 Å². The second-order valence-electron chi connectivity index (χ2n) is 3.74. The van der Waals surface area contributed by atoms with E-state index in [9.17, 15) is 0 Å². The molecule has 0 aliphatic heterocycles. The van der Waals surface area contributed by atoms with Crippen molar-refractivity contribution in [3.63, 3.8) is 0 Å². The fourth-order valence-corrected chi connectivity index (χ4v) is 1.52. The zero-order valence-electron chi connectivity index (χ0n) is 9.74. The van der Waals surface area contributed by atoms with E-state index in [1.54, 1.807) is 23.0 Å². The maximum Gasteiger partial charge on any atom is 0.102 e. The summed E-state index contributed by atoms with van der Waals surface area (Å²) in [4.78, 5) is 0. The van der Waals surface area contributed by atoms with E-state index in [1.807, 2.05) is 12.1 Å². The second-order valence-corrected chi connectivity index (χ2v) is 3.74. The van der Waals surface area contributed by atoms with Gasteiger partial charge in [0.1, 0.15) is 5.69 Å². The third kappa shape index (κ3) is 3.06. The number of nitrogens with one attached hydrogen (secondary N) is 1. The number of nitrogens with zero attached hydrogens (tertiary/aromatic N) is 4. The normalized spacial score (nSPS) is 10.0. The molecule has 1 aromatic carbocycles. The summed E-state index contributed by atoms with van der Waals surface area (Å²) in [5, 5.41) is 28.5. The van der Waals surface area contributed by atoms with Crippen molar-refractivity contribution in [2.24, 2.45) is 0 Å². The first-order valence-corrected chi connectivity index (χ1v) is 5.56. The fraction of sp³-hybridized carbons (Fsp3) is 0.250. The summed E-state index contributed by atoms with van der Waals surface area (Å²) < 4.78 is 1.59.